The van der Waals surface area contributed by atoms with Crippen molar-refractivity contribution in [3.63, 3.8) is 0 Å². The minimum Gasteiger partial charge on any atom is -0.330 e. The van der Waals surface area contributed by atoms with Crippen LogP contribution in [0, 0.1) is 5.92 Å². The van der Waals surface area contributed by atoms with Gasteiger partial charge in [-0.05, 0) is 44.1 Å². The van der Waals surface area contributed by atoms with Gasteiger partial charge in [-0.15, -0.1) is 0 Å². The van der Waals surface area contributed by atoms with Gasteiger partial charge < -0.3 is 5.73 Å². The van der Waals surface area contributed by atoms with E-state index in [0.29, 0.717) is 28.5 Å². The lowest BCUT2D eigenvalue weighted by Crippen LogP contribution is -2.25. The summed E-state index contributed by atoms with van der Waals surface area (Å²) in [5, 5.41) is 1.29. The first-order valence-electron chi connectivity index (χ1n) is 5.49. The molecule has 1 aromatic carbocycles. The molecular weight excluding hydrogens is 243 g/mol. The van der Waals surface area contributed by atoms with Crippen molar-refractivity contribution in [1.82, 2.24) is 4.90 Å². The van der Waals surface area contributed by atoms with E-state index in [1.54, 1.807) is 0 Å². The van der Waals surface area contributed by atoms with Crippen molar-refractivity contribution in [3.05, 3.63) is 33.8 Å². The lowest BCUT2D eigenvalue weighted by atomic mass is 9.94. The normalized spacial score (nSPS) is 26.2. The van der Waals surface area contributed by atoms with Crippen molar-refractivity contribution in [2.45, 2.75) is 12.5 Å². The summed E-state index contributed by atoms with van der Waals surface area (Å²) in [5.74, 6) is 0.473. The molecule has 88 valence electrons. The fraction of sp³-hybridized carbons (Fsp3) is 0.500. The fourth-order valence-electron chi connectivity index (χ4n) is 2.51. The van der Waals surface area contributed by atoms with Crippen molar-refractivity contribution in [1.29, 1.82) is 0 Å². The van der Waals surface area contributed by atoms with Crippen LogP contribution >= 0.6 is 23.2 Å². The van der Waals surface area contributed by atoms with Crippen molar-refractivity contribution < 1.29 is 0 Å². The van der Waals surface area contributed by atoms with E-state index in [1.807, 2.05) is 18.2 Å². The number of rotatable bonds is 2. The van der Waals surface area contributed by atoms with Gasteiger partial charge >= 0.3 is 0 Å². The maximum absolute atomic E-state index is 6.26. The number of nitrogens with two attached hydrogens (primary N) is 1. The molecule has 2 unspecified atom stereocenters. The van der Waals surface area contributed by atoms with E-state index in [-0.39, 0.29) is 0 Å². The highest BCUT2D eigenvalue weighted by Crippen LogP contribution is 2.40. The van der Waals surface area contributed by atoms with Gasteiger partial charge in [0.2, 0.25) is 0 Å². The van der Waals surface area contributed by atoms with Crippen LogP contribution in [-0.2, 0) is 0 Å². The molecule has 1 saturated heterocycles. The monoisotopic (exact) mass is 258 g/mol. The lowest BCUT2D eigenvalue weighted by Gasteiger charge is -2.25. The van der Waals surface area contributed by atoms with E-state index in [4.69, 9.17) is 28.9 Å². The van der Waals surface area contributed by atoms with E-state index >= 15 is 0 Å². The van der Waals surface area contributed by atoms with Gasteiger partial charge in [0.05, 0.1) is 10.0 Å². The number of halogens is 2. The van der Waals surface area contributed by atoms with E-state index < -0.39 is 0 Å². The fourth-order valence-corrected chi connectivity index (χ4v) is 2.93. The largest absolute Gasteiger partial charge is 0.330 e. The van der Waals surface area contributed by atoms with E-state index in [0.717, 1.165) is 18.5 Å². The Morgan fingerprint density at radius 3 is 2.88 bits per heavy atom. The van der Waals surface area contributed by atoms with Crippen LogP contribution in [0.3, 0.4) is 0 Å². The third-order valence-electron chi connectivity index (χ3n) is 3.38. The Kier molecular flexibility index (Phi) is 3.75. The smallest absolute Gasteiger partial charge is 0.0640 e. The van der Waals surface area contributed by atoms with Gasteiger partial charge in [0, 0.05) is 6.04 Å². The van der Waals surface area contributed by atoms with Crippen LogP contribution in [0.25, 0.3) is 0 Å². The molecule has 1 aliphatic heterocycles. The van der Waals surface area contributed by atoms with Gasteiger partial charge in [-0.3, -0.25) is 4.90 Å². The highest BCUT2D eigenvalue weighted by atomic mass is 35.5. The predicted octanol–water partition coefficient (Wildman–Crippen LogP) is 2.94. The second kappa shape index (κ2) is 4.92. The zero-order chi connectivity index (χ0) is 11.7. The van der Waals surface area contributed by atoms with Crippen LogP contribution in [0.1, 0.15) is 18.0 Å². The number of likely N-dealkylation sites (tertiary alicyclic amines) is 1. The Labute approximate surface area is 106 Å². The zero-order valence-electron chi connectivity index (χ0n) is 9.29. The molecule has 1 fully saturated rings. The molecule has 0 radical (unpaired) electrons. The number of hydrogen-bond donors (Lipinski definition) is 1. The van der Waals surface area contributed by atoms with Gasteiger partial charge in [0.15, 0.2) is 0 Å². The Hall–Kier alpha value is -0.280. The highest BCUT2D eigenvalue weighted by Gasteiger charge is 2.33. The van der Waals surface area contributed by atoms with Crippen LogP contribution in [0.4, 0.5) is 0 Å². The molecule has 2 nitrogen and oxygen atoms in total. The Balaban J connectivity index is 2.38. The minimum absolute atomic E-state index is 0.302. The molecule has 2 atom stereocenters. The van der Waals surface area contributed by atoms with Crippen molar-refractivity contribution in [2.24, 2.45) is 11.7 Å². The zero-order valence-corrected chi connectivity index (χ0v) is 10.8. The summed E-state index contributed by atoms with van der Waals surface area (Å²) < 4.78 is 0. The van der Waals surface area contributed by atoms with Crippen LogP contribution in [0.15, 0.2) is 18.2 Å². The Bertz CT molecular complexity index is 381. The molecule has 1 aliphatic rings. The standard InChI is InChI=1S/C12H16Cl2N2/c1-16-6-5-8(7-15)12(16)9-3-2-4-10(13)11(9)14/h2-4,8,12H,5-7,15H2,1H3. The molecule has 0 saturated carbocycles. The first-order valence-corrected chi connectivity index (χ1v) is 6.25. The summed E-state index contributed by atoms with van der Waals surface area (Å²) in [7, 11) is 2.11. The van der Waals surface area contributed by atoms with Gasteiger partial charge in [-0.25, -0.2) is 0 Å². The van der Waals surface area contributed by atoms with Crippen LogP contribution in [0.5, 0.6) is 0 Å². The first-order chi connectivity index (χ1) is 7.65. The second-order valence-corrected chi connectivity index (χ2v) is 5.14. The maximum atomic E-state index is 6.26. The average molecular weight is 259 g/mol. The lowest BCUT2D eigenvalue weighted by molar-refractivity contribution is 0.280. The third kappa shape index (κ3) is 2.07. The Morgan fingerprint density at radius 2 is 2.19 bits per heavy atom. The molecule has 0 spiro atoms. The van der Waals surface area contributed by atoms with E-state index in [9.17, 15) is 0 Å². The summed E-state index contributed by atoms with van der Waals surface area (Å²) >= 11 is 12.3. The van der Waals surface area contributed by atoms with Crippen molar-refractivity contribution in [2.75, 3.05) is 20.1 Å². The van der Waals surface area contributed by atoms with Crippen LogP contribution in [0.2, 0.25) is 10.0 Å². The number of hydrogen-bond acceptors (Lipinski definition) is 2. The molecule has 2 rings (SSSR count). The van der Waals surface area contributed by atoms with Crippen LogP contribution in [-0.4, -0.2) is 25.0 Å². The topological polar surface area (TPSA) is 29.3 Å². The summed E-state index contributed by atoms with van der Waals surface area (Å²) in [5.41, 5.74) is 6.91. The van der Waals surface area contributed by atoms with Gasteiger partial charge in [0.25, 0.3) is 0 Å². The molecule has 0 amide bonds. The molecular formula is C12H16Cl2N2. The summed E-state index contributed by atoms with van der Waals surface area (Å²) in [6, 6.07) is 6.11. The summed E-state index contributed by atoms with van der Waals surface area (Å²) in [6.07, 6.45) is 1.13. The molecule has 4 heteroatoms. The molecule has 0 aliphatic carbocycles. The van der Waals surface area contributed by atoms with Crippen LogP contribution < -0.4 is 5.73 Å². The van der Waals surface area contributed by atoms with Gasteiger partial charge in [-0.2, -0.15) is 0 Å². The molecule has 2 N–H and O–H groups in total. The quantitative estimate of drug-likeness (QED) is 0.884. The van der Waals surface area contributed by atoms with E-state index in [1.165, 1.54) is 0 Å². The number of nitrogens with zero attached hydrogens (tertiary/aromatic N) is 1. The third-order valence-corrected chi connectivity index (χ3v) is 4.21. The van der Waals surface area contributed by atoms with E-state index in [2.05, 4.69) is 11.9 Å². The highest BCUT2D eigenvalue weighted by molar-refractivity contribution is 6.42. The Morgan fingerprint density at radius 1 is 1.44 bits per heavy atom. The van der Waals surface area contributed by atoms with Gasteiger partial charge in [0.1, 0.15) is 0 Å². The van der Waals surface area contributed by atoms with Gasteiger partial charge in [-0.1, -0.05) is 35.3 Å². The summed E-state index contributed by atoms with van der Waals surface area (Å²) in [6.45, 7) is 1.76. The number of benzene rings is 1. The molecule has 1 aromatic rings. The van der Waals surface area contributed by atoms with Crippen molar-refractivity contribution in [3.8, 4) is 0 Å². The molecule has 16 heavy (non-hydrogen) atoms. The molecule has 0 aromatic heterocycles. The maximum Gasteiger partial charge on any atom is 0.0640 e. The minimum atomic E-state index is 0.302. The summed E-state index contributed by atoms with van der Waals surface area (Å²) in [4.78, 5) is 2.30. The molecule has 0 bridgehead atoms. The first kappa shape index (κ1) is 12.2. The second-order valence-electron chi connectivity index (χ2n) is 4.35. The predicted molar refractivity (Wildman–Crippen MR) is 69.0 cm³/mol. The van der Waals surface area contributed by atoms with Crippen molar-refractivity contribution >= 4 is 23.2 Å². The average Bonchev–Trinajstić information content (AvgIpc) is 2.64. The molecule has 1 heterocycles. The SMILES string of the molecule is CN1CCC(CN)C1c1cccc(Cl)c1Cl.